The number of H-pyrrole nitrogens is 1. The minimum atomic E-state index is -3.79. The maximum Gasteiger partial charge on any atom is 0.358 e. The van der Waals surface area contributed by atoms with Crippen LogP contribution in [-0.2, 0) is 14.6 Å². The van der Waals surface area contributed by atoms with Gasteiger partial charge in [0.15, 0.2) is 21.3 Å². The van der Waals surface area contributed by atoms with E-state index in [-0.39, 0.29) is 22.3 Å². The molecule has 43 heavy (non-hydrogen) atoms. The molecule has 4 heterocycles. The lowest BCUT2D eigenvalue weighted by atomic mass is 9.98. The van der Waals surface area contributed by atoms with Gasteiger partial charge in [0.1, 0.15) is 28.6 Å². The first-order chi connectivity index (χ1) is 20.4. The van der Waals surface area contributed by atoms with E-state index in [2.05, 4.69) is 45.1 Å². The Morgan fingerprint density at radius 2 is 1.81 bits per heavy atom. The van der Waals surface area contributed by atoms with Crippen LogP contribution in [0.5, 0.6) is 5.75 Å². The number of nitrogens with one attached hydrogen (secondary N) is 2. The molecule has 4 aromatic rings. The lowest BCUT2D eigenvalue weighted by molar-refractivity contribution is 0.0593. The summed E-state index contributed by atoms with van der Waals surface area (Å²) in [5.41, 5.74) is 2.56. The molecule has 14 heteroatoms. The Balaban J connectivity index is 1.36. The van der Waals surface area contributed by atoms with E-state index >= 15 is 0 Å². The Morgan fingerprint density at radius 3 is 2.42 bits per heavy atom. The van der Waals surface area contributed by atoms with Gasteiger partial charge in [-0.1, -0.05) is 0 Å². The van der Waals surface area contributed by atoms with Gasteiger partial charge < -0.3 is 19.7 Å². The molecular weight excluding hydrogens is 572 g/mol. The number of aromatic nitrogens is 6. The van der Waals surface area contributed by atoms with Gasteiger partial charge in [-0.2, -0.15) is 5.10 Å². The number of hydrogen-bond donors (Lipinski definition) is 2. The van der Waals surface area contributed by atoms with Crippen molar-refractivity contribution >= 4 is 44.2 Å². The molecule has 0 spiro atoms. The molecule has 13 nitrogen and oxygen atoms in total. The molecule has 0 bridgehead atoms. The van der Waals surface area contributed by atoms with Gasteiger partial charge in [0, 0.05) is 35.8 Å². The number of methoxy groups -OCH3 is 1. The number of sulfone groups is 1. The SMILES string of the molecule is COC(=O)c1cnc(N2CCC(COc3cc4ncnc(Nc5n[nH]c(C)c5C)c4cc3S(=O)(=O)C(C)(C)C)CC2)cn1. The maximum atomic E-state index is 13.8. The zero-order valence-electron chi connectivity index (χ0n) is 25.1. The van der Waals surface area contributed by atoms with Crippen molar-refractivity contribution in [2.75, 3.05) is 37.0 Å². The number of nitrogens with zero attached hydrogens (tertiary/aromatic N) is 6. The van der Waals surface area contributed by atoms with Crippen molar-refractivity contribution in [1.82, 2.24) is 30.1 Å². The summed E-state index contributed by atoms with van der Waals surface area (Å²) in [4.78, 5) is 31.2. The number of esters is 1. The molecule has 1 aromatic carbocycles. The summed E-state index contributed by atoms with van der Waals surface area (Å²) in [5.74, 6) is 1.68. The molecule has 0 saturated carbocycles. The fourth-order valence-electron chi connectivity index (χ4n) is 4.77. The Bertz CT molecular complexity index is 1740. The second-order valence-corrected chi connectivity index (χ2v) is 14.3. The highest BCUT2D eigenvalue weighted by Crippen LogP contribution is 2.37. The first-order valence-electron chi connectivity index (χ1n) is 14.0. The van der Waals surface area contributed by atoms with Gasteiger partial charge in [-0.25, -0.2) is 33.1 Å². The third-order valence-corrected chi connectivity index (χ3v) is 10.2. The molecule has 1 aliphatic heterocycles. The zero-order chi connectivity index (χ0) is 30.9. The first-order valence-corrected chi connectivity index (χ1v) is 15.5. The van der Waals surface area contributed by atoms with Crippen LogP contribution in [0.2, 0.25) is 0 Å². The van der Waals surface area contributed by atoms with E-state index in [9.17, 15) is 13.2 Å². The number of piperidine rings is 1. The summed E-state index contributed by atoms with van der Waals surface area (Å²) in [5, 5.41) is 11.0. The van der Waals surface area contributed by atoms with Crippen molar-refractivity contribution in [2.45, 2.75) is 57.1 Å². The number of aryl methyl sites for hydroxylation is 1. The van der Waals surface area contributed by atoms with E-state index in [0.29, 0.717) is 35.0 Å². The molecule has 2 N–H and O–H groups in total. The van der Waals surface area contributed by atoms with Crippen molar-refractivity contribution in [3.8, 4) is 5.75 Å². The Morgan fingerprint density at radius 1 is 1.07 bits per heavy atom. The lowest BCUT2D eigenvalue weighted by Gasteiger charge is -2.32. The minimum Gasteiger partial charge on any atom is -0.492 e. The smallest absolute Gasteiger partial charge is 0.358 e. The molecule has 1 fully saturated rings. The van der Waals surface area contributed by atoms with Crippen molar-refractivity contribution in [2.24, 2.45) is 5.92 Å². The first kappa shape index (κ1) is 30.1. The maximum absolute atomic E-state index is 13.8. The van der Waals surface area contributed by atoms with E-state index in [1.54, 1.807) is 39.1 Å². The van der Waals surface area contributed by atoms with Crippen LogP contribution in [0, 0.1) is 19.8 Å². The number of anilines is 3. The molecule has 5 rings (SSSR count). The molecule has 0 radical (unpaired) electrons. The Labute approximate surface area is 250 Å². The summed E-state index contributed by atoms with van der Waals surface area (Å²) in [6, 6.07) is 3.28. The highest BCUT2D eigenvalue weighted by atomic mass is 32.2. The summed E-state index contributed by atoms with van der Waals surface area (Å²) < 4.78 is 37.4. The molecule has 228 valence electrons. The van der Waals surface area contributed by atoms with Crippen LogP contribution in [-0.4, -0.2) is 76.1 Å². The third-order valence-electron chi connectivity index (χ3n) is 7.73. The molecule has 0 atom stereocenters. The predicted molar refractivity (Wildman–Crippen MR) is 162 cm³/mol. The highest BCUT2D eigenvalue weighted by molar-refractivity contribution is 7.92. The monoisotopic (exact) mass is 608 g/mol. The average Bonchev–Trinajstić information content (AvgIpc) is 3.31. The second-order valence-electron chi connectivity index (χ2n) is 11.6. The van der Waals surface area contributed by atoms with Gasteiger partial charge in [0.2, 0.25) is 0 Å². The molecule has 0 aliphatic carbocycles. The Kier molecular flexibility index (Phi) is 8.23. The normalized spacial score (nSPS) is 14.6. The summed E-state index contributed by atoms with van der Waals surface area (Å²) in [7, 11) is -2.49. The minimum absolute atomic E-state index is 0.0960. The van der Waals surface area contributed by atoms with Crippen LogP contribution >= 0.6 is 0 Å². The standard InChI is InChI=1S/C29H36N8O5S/c1-17-18(2)35-36-26(17)34-27-20-11-24(43(39,40)29(3,4)5)23(12-21(20)32-16-33-27)42-15-19-7-9-37(10-8-19)25-14-30-22(13-31-25)28(38)41-6/h11-14,16,19H,7-10,15H2,1-6H3,(H2,32,33,34,35,36). The van der Waals surface area contributed by atoms with Gasteiger partial charge in [0.25, 0.3) is 0 Å². The van der Waals surface area contributed by atoms with E-state index in [0.717, 1.165) is 37.2 Å². The van der Waals surface area contributed by atoms with Crippen molar-refractivity contribution < 1.29 is 22.7 Å². The zero-order valence-corrected chi connectivity index (χ0v) is 25.9. The van der Waals surface area contributed by atoms with Crippen molar-refractivity contribution in [1.29, 1.82) is 0 Å². The third kappa shape index (κ3) is 6.10. The van der Waals surface area contributed by atoms with Gasteiger partial charge >= 0.3 is 5.97 Å². The number of ether oxygens (including phenoxy) is 2. The van der Waals surface area contributed by atoms with E-state index in [1.165, 1.54) is 19.6 Å². The number of rotatable bonds is 8. The Hall–Kier alpha value is -4.33. The average molecular weight is 609 g/mol. The highest BCUT2D eigenvalue weighted by Gasteiger charge is 2.35. The predicted octanol–water partition coefficient (Wildman–Crippen LogP) is 4.16. The van der Waals surface area contributed by atoms with Crippen molar-refractivity contribution in [3.05, 3.63) is 47.8 Å². The van der Waals surface area contributed by atoms with Gasteiger partial charge in [-0.3, -0.25) is 5.10 Å². The molecular formula is C29H36N8O5S. The topological polar surface area (TPSA) is 165 Å². The van der Waals surface area contributed by atoms with Gasteiger partial charge in [0.05, 0.1) is 36.4 Å². The summed E-state index contributed by atoms with van der Waals surface area (Å²) >= 11 is 0. The van der Waals surface area contributed by atoms with Crippen molar-refractivity contribution in [3.63, 3.8) is 0 Å². The molecule has 0 unspecified atom stereocenters. The molecule has 0 amide bonds. The number of fused-ring (bicyclic) bond motifs is 1. The molecule has 1 aliphatic rings. The second kappa shape index (κ2) is 11.7. The summed E-state index contributed by atoms with van der Waals surface area (Å²) in [6.45, 7) is 10.7. The van der Waals surface area contributed by atoms with Crippen LogP contribution in [0.25, 0.3) is 10.9 Å². The van der Waals surface area contributed by atoms with Crippen LogP contribution in [0.3, 0.4) is 0 Å². The fraction of sp³-hybridized carbons (Fsp3) is 0.448. The van der Waals surface area contributed by atoms with Crippen LogP contribution in [0.1, 0.15) is 55.4 Å². The lowest BCUT2D eigenvalue weighted by Crippen LogP contribution is -2.36. The number of carbonyl (C=O) groups is 1. The number of hydrogen-bond acceptors (Lipinski definition) is 12. The quantitative estimate of drug-likeness (QED) is 0.275. The van der Waals surface area contributed by atoms with E-state index in [4.69, 9.17) is 4.74 Å². The van der Waals surface area contributed by atoms with Gasteiger partial charge in [-0.15, -0.1) is 0 Å². The molecule has 3 aromatic heterocycles. The van der Waals surface area contributed by atoms with E-state index < -0.39 is 20.6 Å². The number of carbonyl (C=O) groups excluding carboxylic acids is 1. The largest absolute Gasteiger partial charge is 0.492 e. The van der Waals surface area contributed by atoms with Crippen LogP contribution in [0.15, 0.2) is 35.7 Å². The van der Waals surface area contributed by atoms with Crippen LogP contribution < -0.4 is 15.0 Å². The van der Waals surface area contributed by atoms with Gasteiger partial charge in [-0.05, 0) is 59.4 Å². The van der Waals surface area contributed by atoms with E-state index in [1.807, 2.05) is 13.8 Å². The number of benzene rings is 1. The molecule has 1 saturated heterocycles. The fourth-order valence-corrected chi connectivity index (χ4v) is 6.08. The van der Waals surface area contributed by atoms with Crippen LogP contribution in [0.4, 0.5) is 17.5 Å². The number of aromatic amines is 1. The summed E-state index contributed by atoms with van der Waals surface area (Å²) in [6.07, 6.45) is 6.04.